The van der Waals surface area contributed by atoms with Crippen LogP contribution in [0, 0.1) is 0 Å². The second kappa shape index (κ2) is 4.95. The fourth-order valence-corrected chi connectivity index (χ4v) is 2.26. The van der Waals surface area contributed by atoms with E-state index in [4.69, 9.17) is 20.8 Å². The third-order valence-corrected chi connectivity index (χ3v) is 3.36. The van der Waals surface area contributed by atoms with Gasteiger partial charge in [-0.1, -0.05) is 0 Å². The van der Waals surface area contributed by atoms with E-state index in [0.717, 1.165) is 10.9 Å². The van der Waals surface area contributed by atoms with Gasteiger partial charge in [0, 0.05) is 0 Å². The summed E-state index contributed by atoms with van der Waals surface area (Å²) in [7, 11) is 0. The van der Waals surface area contributed by atoms with Gasteiger partial charge in [-0.2, -0.15) is 9.97 Å². The van der Waals surface area contributed by atoms with Crippen LogP contribution in [0.5, 0.6) is 0 Å². The molecule has 0 saturated carbocycles. The number of nitrogens with one attached hydrogen (secondary N) is 1. The standard InChI is InChI=1S/C10H12F2N6O4/c11-5-4(20)8(22-10(5,12)1-19)18-2-14-3-6(13)15-9(17-21)16-7(3)18/h2,4-5,8,19-21H,1H2,(H3,13,15,16,17)/t4-,5+,8-,10-/m1/s1. The Morgan fingerprint density at radius 3 is 2.82 bits per heavy atom. The van der Waals surface area contributed by atoms with Crippen molar-refractivity contribution in [1.29, 1.82) is 0 Å². The van der Waals surface area contributed by atoms with Crippen LogP contribution >= 0.6 is 0 Å². The molecule has 0 spiro atoms. The number of hydrogen-bond acceptors (Lipinski definition) is 9. The number of aliphatic hydroxyl groups excluding tert-OH is 2. The number of nitrogens with two attached hydrogens (primary N) is 1. The highest BCUT2D eigenvalue weighted by Gasteiger charge is 2.57. The van der Waals surface area contributed by atoms with Crippen LogP contribution in [-0.2, 0) is 4.74 Å². The number of nitrogen functional groups attached to an aromatic ring is 1. The van der Waals surface area contributed by atoms with Gasteiger partial charge in [0.1, 0.15) is 18.2 Å². The number of anilines is 2. The lowest BCUT2D eigenvalue weighted by Gasteiger charge is -2.18. The van der Waals surface area contributed by atoms with E-state index >= 15 is 0 Å². The molecule has 4 atom stereocenters. The predicted octanol–water partition coefficient (Wildman–Crippen LogP) is -0.905. The fourth-order valence-electron chi connectivity index (χ4n) is 2.26. The number of ether oxygens (including phenoxy) is 1. The highest BCUT2D eigenvalue weighted by molar-refractivity contribution is 5.82. The topological polar surface area (TPSA) is 152 Å². The Morgan fingerprint density at radius 1 is 1.50 bits per heavy atom. The minimum atomic E-state index is -3.04. The predicted molar refractivity (Wildman–Crippen MR) is 67.1 cm³/mol. The van der Waals surface area contributed by atoms with Crippen molar-refractivity contribution in [2.24, 2.45) is 0 Å². The Labute approximate surface area is 121 Å². The first-order valence-corrected chi connectivity index (χ1v) is 6.11. The monoisotopic (exact) mass is 318 g/mol. The molecule has 0 unspecified atom stereocenters. The van der Waals surface area contributed by atoms with Gasteiger partial charge in [0.05, 0.1) is 6.33 Å². The van der Waals surface area contributed by atoms with E-state index in [0.29, 0.717) is 0 Å². The summed E-state index contributed by atoms with van der Waals surface area (Å²) in [6.07, 6.45) is -4.80. The summed E-state index contributed by atoms with van der Waals surface area (Å²) in [6.45, 7) is -1.27. The Morgan fingerprint density at radius 2 is 2.23 bits per heavy atom. The van der Waals surface area contributed by atoms with Crippen molar-refractivity contribution in [3.05, 3.63) is 6.33 Å². The van der Waals surface area contributed by atoms with E-state index < -0.39 is 31.0 Å². The van der Waals surface area contributed by atoms with Crippen LogP contribution in [0.3, 0.4) is 0 Å². The molecule has 10 nitrogen and oxygen atoms in total. The molecule has 1 aliphatic heterocycles. The lowest BCUT2D eigenvalue weighted by Crippen LogP contribution is -2.39. The van der Waals surface area contributed by atoms with Gasteiger partial charge in [-0.25, -0.2) is 19.2 Å². The summed E-state index contributed by atoms with van der Waals surface area (Å²) < 4.78 is 33.6. The van der Waals surface area contributed by atoms with Crippen molar-refractivity contribution in [3.8, 4) is 0 Å². The molecule has 22 heavy (non-hydrogen) atoms. The molecule has 120 valence electrons. The first kappa shape index (κ1) is 14.8. The average Bonchev–Trinajstić information content (AvgIpc) is 3.03. The lowest BCUT2D eigenvalue weighted by molar-refractivity contribution is -0.195. The maximum absolute atomic E-state index is 14.0. The SMILES string of the molecule is Nc1nc(NO)nc2c1ncn2[C@@H]1O[C@](F)(CO)[C@@H](F)[C@H]1O. The largest absolute Gasteiger partial charge is 0.390 e. The molecule has 2 aromatic heterocycles. The summed E-state index contributed by atoms with van der Waals surface area (Å²) >= 11 is 0. The van der Waals surface area contributed by atoms with Crippen LogP contribution in [0.25, 0.3) is 11.2 Å². The first-order chi connectivity index (χ1) is 10.4. The molecule has 0 aliphatic carbocycles. The lowest BCUT2D eigenvalue weighted by atomic mass is 10.1. The zero-order chi connectivity index (χ0) is 16.1. The van der Waals surface area contributed by atoms with E-state index in [9.17, 15) is 13.9 Å². The molecular formula is C10H12F2N6O4. The van der Waals surface area contributed by atoms with Gasteiger partial charge in [-0.05, 0) is 0 Å². The molecule has 0 amide bonds. The maximum atomic E-state index is 14.0. The Hall–Kier alpha value is -2.15. The Bertz CT molecular complexity index is 714. The average molecular weight is 318 g/mol. The van der Waals surface area contributed by atoms with Crippen LogP contribution in [0.2, 0.25) is 0 Å². The number of aliphatic hydroxyl groups is 2. The number of fused-ring (bicyclic) bond motifs is 1. The van der Waals surface area contributed by atoms with E-state index in [2.05, 4.69) is 15.0 Å². The van der Waals surface area contributed by atoms with Crippen LogP contribution in [0.15, 0.2) is 6.33 Å². The molecule has 1 aliphatic rings. The molecule has 3 heterocycles. The van der Waals surface area contributed by atoms with Crippen molar-refractivity contribution >= 4 is 22.9 Å². The molecule has 6 N–H and O–H groups in total. The maximum Gasteiger partial charge on any atom is 0.268 e. The number of rotatable bonds is 3. The minimum absolute atomic E-state index is 0.0255. The van der Waals surface area contributed by atoms with Crippen LogP contribution in [0.4, 0.5) is 20.5 Å². The summed E-state index contributed by atoms with van der Waals surface area (Å²) in [5.74, 6) is -3.42. The second-order valence-electron chi connectivity index (χ2n) is 4.71. The number of halogens is 2. The molecule has 12 heteroatoms. The van der Waals surface area contributed by atoms with Gasteiger partial charge in [0.25, 0.3) is 11.8 Å². The quantitative estimate of drug-likeness (QED) is 0.453. The minimum Gasteiger partial charge on any atom is -0.390 e. The van der Waals surface area contributed by atoms with Crippen molar-refractivity contribution < 1.29 is 28.9 Å². The van der Waals surface area contributed by atoms with E-state index in [-0.39, 0.29) is 22.9 Å². The van der Waals surface area contributed by atoms with Crippen LogP contribution in [-0.4, -0.2) is 59.7 Å². The number of imidazole rings is 1. The highest BCUT2D eigenvalue weighted by atomic mass is 19.2. The molecule has 2 aromatic rings. The molecule has 0 radical (unpaired) electrons. The Kier molecular flexibility index (Phi) is 3.32. The summed E-state index contributed by atoms with van der Waals surface area (Å²) in [5.41, 5.74) is 7.36. The second-order valence-corrected chi connectivity index (χ2v) is 4.71. The summed E-state index contributed by atoms with van der Waals surface area (Å²) in [6, 6.07) is 0. The Balaban J connectivity index is 2.09. The van der Waals surface area contributed by atoms with Gasteiger partial charge < -0.3 is 20.7 Å². The van der Waals surface area contributed by atoms with Gasteiger partial charge >= 0.3 is 0 Å². The van der Waals surface area contributed by atoms with Gasteiger partial charge in [-0.15, -0.1) is 0 Å². The fraction of sp³-hybridized carbons (Fsp3) is 0.500. The van der Waals surface area contributed by atoms with Crippen LogP contribution < -0.4 is 11.2 Å². The first-order valence-electron chi connectivity index (χ1n) is 6.11. The van der Waals surface area contributed by atoms with E-state index in [1.807, 2.05) is 0 Å². The summed E-state index contributed by atoms with van der Waals surface area (Å²) in [5, 5.41) is 27.6. The van der Waals surface area contributed by atoms with Crippen molar-refractivity contribution in [2.45, 2.75) is 24.4 Å². The van der Waals surface area contributed by atoms with Gasteiger partial charge in [0.15, 0.2) is 23.9 Å². The van der Waals surface area contributed by atoms with Crippen molar-refractivity contribution in [1.82, 2.24) is 19.5 Å². The molecule has 3 rings (SSSR count). The number of nitrogens with zero attached hydrogens (tertiary/aromatic N) is 4. The third-order valence-electron chi connectivity index (χ3n) is 3.36. The number of hydrogen-bond donors (Lipinski definition) is 5. The third kappa shape index (κ3) is 1.96. The molecule has 0 bridgehead atoms. The van der Waals surface area contributed by atoms with Gasteiger partial charge in [-0.3, -0.25) is 9.77 Å². The zero-order valence-corrected chi connectivity index (χ0v) is 10.9. The van der Waals surface area contributed by atoms with Crippen molar-refractivity contribution in [2.75, 3.05) is 17.8 Å². The molecular weight excluding hydrogens is 306 g/mol. The highest BCUT2D eigenvalue weighted by Crippen LogP contribution is 2.41. The molecule has 1 saturated heterocycles. The zero-order valence-electron chi connectivity index (χ0n) is 10.9. The van der Waals surface area contributed by atoms with E-state index in [1.54, 1.807) is 5.48 Å². The normalized spacial score (nSPS) is 31.8. The van der Waals surface area contributed by atoms with E-state index in [1.165, 1.54) is 0 Å². The number of alkyl halides is 2. The van der Waals surface area contributed by atoms with Crippen molar-refractivity contribution in [3.63, 3.8) is 0 Å². The molecule has 1 fully saturated rings. The van der Waals surface area contributed by atoms with Crippen LogP contribution in [0.1, 0.15) is 6.23 Å². The van der Waals surface area contributed by atoms with Gasteiger partial charge in [0.2, 0.25) is 0 Å². The number of aromatic nitrogens is 4. The summed E-state index contributed by atoms with van der Waals surface area (Å²) in [4.78, 5) is 11.4. The molecule has 0 aromatic carbocycles. The smallest absolute Gasteiger partial charge is 0.268 e.